The first-order valence-electron chi connectivity index (χ1n) is 10.1. The molecule has 8 nitrogen and oxygen atoms in total. The van der Waals surface area contributed by atoms with Gasteiger partial charge in [0.25, 0.3) is 0 Å². The van der Waals surface area contributed by atoms with Gasteiger partial charge in [-0.2, -0.15) is 14.6 Å². The number of ether oxygens (including phenoxy) is 3. The van der Waals surface area contributed by atoms with Crippen molar-refractivity contribution in [3.63, 3.8) is 0 Å². The minimum atomic E-state index is -0.482. The summed E-state index contributed by atoms with van der Waals surface area (Å²) in [7, 11) is 4.72. The summed E-state index contributed by atoms with van der Waals surface area (Å²) in [5.74, 6) is 0.872. The van der Waals surface area contributed by atoms with E-state index >= 15 is 0 Å². The number of imidazole rings is 1. The van der Waals surface area contributed by atoms with E-state index in [0.29, 0.717) is 27.8 Å². The molecule has 0 radical (unpaired) electrons. The zero-order valence-electron chi connectivity index (χ0n) is 18.7. The minimum absolute atomic E-state index is 0.260. The predicted molar refractivity (Wildman–Crippen MR) is 125 cm³/mol. The highest BCUT2D eigenvalue weighted by molar-refractivity contribution is 6.32. The zero-order chi connectivity index (χ0) is 23.5. The molecule has 0 fully saturated rings. The van der Waals surface area contributed by atoms with Crippen LogP contribution in [-0.4, -0.2) is 39.4 Å². The summed E-state index contributed by atoms with van der Waals surface area (Å²) in [6.07, 6.45) is 2.85. The van der Waals surface area contributed by atoms with Crippen molar-refractivity contribution in [2.75, 3.05) is 14.2 Å². The maximum Gasteiger partial charge on any atom is 0.341 e. The average Bonchev–Trinajstić information content (AvgIpc) is 3.40. The molecular weight excluding hydrogens is 444 g/mol. The van der Waals surface area contributed by atoms with E-state index in [9.17, 15) is 4.79 Å². The standard InChI is InChI=1S/C24H23ClN4O4/c1-15-11-17(9-10-18(15)21-22(25)29-24(28(21)2)26-14-27-29)33-12-16-7-5-6-8-19(16)20(13-31-3)23(30)32-4/h5-11,13-14H,12H2,1-4H3/b20-13-. The Bertz CT molecular complexity index is 1320. The molecule has 2 aromatic carbocycles. The van der Waals surface area contributed by atoms with Crippen molar-refractivity contribution in [2.45, 2.75) is 13.5 Å². The van der Waals surface area contributed by atoms with Crippen LogP contribution in [0.2, 0.25) is 5.15 Å². The van der Waals surface area contributed by atoms with Gasteiger partial charge in [0.1, 0.15) is 24.3 Å². The quantitative estimate of drug-likeness (QED) is 0.227. The third-order valence-corrected chi connectivity index (χ3v) is 5.68. The van der Waals surface area contributed by atoms with Gasteiger partial charge in [-0.1, -0.05) is 35.9 Å². The number of hydrogen-bond acceptors (Lipinski definition) is 6. The van der Waals surface area contributed by atoms with Crippen molar-refractivity contribution in [2.24, 2.45) is 7.05 Å². The lowest BCUT2D eigenvalue weighted by Gasteiger charge is -2.14. The Morgan fingerprint density at radius 2 is 1.97 bits per heavy atom. The molecule has 0 amide bonds. The van der Waals surface area contributed by atoms with Gasteiger partial charge in [0.05, 0.1) is 26.2 Å². The lowest BCUT2D eigenvalue weighted by Crippen LogP contribution is -2.08. The lowest BCUT2D eigenvalue weighted by atomic mass is 10.0. The summed E-state index contributed by atoms with van der Waals surface area (Å²) in [5, 5.41) is 4.67. The molecule has 0 aliphatic rings. The van der Waals surface area contributed by atoms with Crippen molar-refractivity contribution in [3.8, 4) is 17.0 Å². The maximum atomic E-state index is 12.2. The third kappa shape index (κ3) is 4.17. The number of fused-ring (bicyclic) bond motifs is 1. The van der Waals surface area contributed by atoms with E-state index in [1.165, 1.54) is 26.8 Å². The number of carbonyl (C=O) groups is 1. The molecule has 0 N–H and O–H groups in total. The van der Waals surface area contributed by atoms with Crippen molar-refractivity contribution in [1.82, 2.24) is 19.2 Å². The van der Waals surface area contributed by atoms with Crippen molar-refractivity contribution >= 4 is 28.9 Å². The molecule has 0 saturated carbocycles. The minimum Gasteiger partial charge on any atom is -0.503 e. The summed E-state index contributed by atoms with van der Waals surface area (Å²) in [5.41, 5.74) is 4.60. The Morgan fingerprint density at radius 3 is 2.67 bits per heavy atom. The fourth-order valence-electron chi connectivity index (χ4n) is 3.74. The van der Waals surface area contributed by atoms with E-state index in [1.54, 1.807) is 4.52 Å². The highest BCUT2D eigenvalue weighted by atomic mass is 35.5. The predicted octanol–water partition coefficient (Wildman–Crippen LogP) is 4.44. The molecule has 0 bridgehead atoms. The smallest absolute Gasteiger partial charge is 0.341 e. The monoisotopic (exact) mass is 466 g/mol. The van der Waals surface area contributed by atoms with Gasteiger partial charge >= 0.3 is 5.97 Å². The van der Waals surface area contributed by atoms with Gasteiger partial charge in [-0.15, -0.1) is 0 Å². The van der Waals surface area contributed by atoms with Gasteiger partial charge < -0.3 is 18.8 Å². The van der Waals surface area contributed by atoms with Gasteiger partial charge in [-0.3, -0.25) is 0 Å². The topological polar surface area (TPSA) is 79.9 Å². The summed E-state index contributed by atoms with van der Waals surface area (Å²) in [6, 6.07) is 13.3. The Balaban J connectivity index is 1.60. The number of rotatable bonds is 7. The Kier molecular flexibility index (Phi) is 6.37. The van der Waals surface area contributed by atoms with Gasteiger partial charge in [-0.05, 0) is 41.8 Å². The molecule has 0 aliphatic heterocycles. The first kappa shape index (κ1) is 22.4. The number of methoxy groups -OCH3 is 2. The molecule has 0 saturated heterocycles. The average molecular weight is 467 g/mol. The van der Waals surface area contributed by atoms with Crippen molar-refractivity contribution in [1.29, 1.82) is 0 Å². The molecule has 0 unspecified atom stereocenters. The zero-order valence-corrected chi connectivity index (χ0v) is 19.5. The number of aryl methyl sites for hydroxylation is 2. The van der Waals surface area contributed by atoms with Gasteiger partial charge in [0, 0.05) is 12.6 Å². The van der Waals surface area contributed by atoms with Crippen LogP contribution in [-0.2, 0) is 27.9 Å². The molecule has 0 aliphatic carbocycles. The van der Waals surface area contributed by atoms with Crippen molar-refractivity contribution < 1.29 is 19.0 Å². The Morgan fingerprint density at radius 1 is 1.18 bits per heavy atom. The van der Waals surface area contributed by atoms with Crippen LogP contribution >= 0.6 is 11.6 Å². The maximum absolute atomic E-state index is 12.2. The van der Waals surface area contributed by atoms with Crippen LogP contribution in [0.15, 0.2) is 55.1 Å². The first-order chi connectivity index (χ1) is 16.0. The van der Waals surface area contributed by atoms with Gasteiger partial charge in [0.2, 0.25) is 5.78 Å². The van der Waals surface area contributed by atoms with Crippen LogP contribution in [0.5, 0.6) is 5.75 Å². The van der Waals surface area contributed by atoms with Crippen LogP contribution in [0.25, 0.3) is 22.6 Å². The highest BCUT2D eigenvalue weighted by Crippen LogP contribution is 2.34. The Hall–Kier alpha value is -3.78. The fourth-order valence-corrected chi connectivity index (χ4v) is 4.09. The van der Waals surface area contributed by atoms with Crippen LogP contribution in [0.3, 0.4) is 0 Å². The van der Waals surface area contributed by atoms with Gasteiger partial charge in [0.15, 0.2) is 5.15 Å². The third-order valence-electron chi connectivity index (χ3n) is 5.34. The molecule has 4 aromatic rings. The molecular formula is C24H23ClN4O4. The van der Waals surface area contributed by atoms with E-state index in [4.69, 9.17) is 25.8 Å². The molecule has 33 heavy (non-hydrogen) atoms. The number of hydrogen-bond donors (Lipinski definition) is 0. The van der Waals surface area contributed by atoms with E-state index in [0.717, 1.165) is 22.4 Å². The molecule has 0 spiro atoms. The van der Waals surface area contributed by atoms with Crippen LogP contribution in [0, 0.1) is 6.92 Å². The number of nitrogens with zero attached hydrogens (tertiary/aromatic N) is 4. The number of aromatic nitrogens is 4. The molecule has 4 rings (SSSR count). The van der Waals surface area contributed by atoms with E-state index < -0.39 is 5.97 Å². The Labute approximate surface area is 196 Å². The van der Waals surface area contributed by atoms with E-state index in [2.05, 4.69) is 10.1 Å². The number of halogens is 1. The summed E-state index contributed by atoms with van der Waals surface area (Å²) < 4.78 is 19.5. The van der Waals surface area contributed by atoms with Gasteiger partial charge in [-0.25, -0.2) is 4.79 Å². The van der Waals surface area contributed by atoms with E-state index in [-0.39, 0.29) is 6.61 Å². The number of benzene rings is 2. The normalized spacial score (nSPS) is 11.6. The van der Waals surface area contributed by atoms with Crippen LogP contribution < -0.4 is 4.74 Å². The molecule has 9 heteroatoms. The number of carbonyl (C=O) groups excluding carboxylic acids is 1. The van der Waals surface area contributed by atoms with Crippen LogP contribution in [0.1, 0.15) is 16.7 Å². The summed E-state index contributed by atoms with van der Waals surface area (Å²) in [6.45, 7) is 2.25. The van der Waals surface area contributed by atoms with Crippen molar-refractivity contribution in [3.05, 3.63) is 76.9 Å². The molecule has 170 valence electrons. The fraction of sp³-hybridized carbons (Fsp3) is 0.208. The van der Waals surface area contributed by atoms with Crippen LogP contribution in [0.4, 0.5) is 0 Å². The second kappa shape index (κ2) is 9.38. The highest BCUT2D eigenvalue weighted by Gasteiger charge is 2.19. The number of esters is 1. The SMILES string of the molecule is CO/C=C(\C(=O)OC)c1ccccc1COc1ccc(-c2c(Cl)n3ncnc3n2C)c(C)c1. The second-order valence-corrected chi connectivity index (χ2v) is 7.71. The summed E-state index contributed by atoms with van der Waals surface area (Å²) >= 11 is 6.56. The first-order valence-corrected chi connectivity index (χ1v) is 10.5. The summed E-state index contributed by atoms with van der Waals surface area (Å²) in [4.78, 5) is 16.5. The second-order valence-electron chi connectivity index (χ2n) is 7.35. The lowest BCUT2D eigenvalue weighted by molar-refractivity contribution is -0.133. The molecule has 2 aromatic heterocycles. The largest absolute Gasteiger partial charge is 0.503 e. The van der Waals surface area contributed by atoms with E-state index in [1.807, 2.05) is 61.0 Å². The molecule has 0 atom stereocenters. The molecule has 2 heterocycles.